The van der Waals surface area contributed by atoms with Gasteiger partial charge in [-0.1, -0.05) is 60.2 Å². The molecule has 1 N–H and O–H groups in total. The Balaban J connectivity index is 1.61. The Morgan fingerprint density at radius 3 is 2.18 bits per heavy atom. The normalized spacial score (nSPS) is 11.6. The Labute approximate surface area is 231 Å². The monoisotopic (exact) mass is 533 g/mol. The van der Waals surface area contributed by atoms with Crippen molar-refractivity contribution in [1.82, 2.24) is 4.90 Å². The van der Waals surface area contributed by atoms with Gasteiger partial charge in [-0.15, -0.1) is 0 Å². The van der Waals surface area contributed by atoms with E-state index in [1.807, 2.05) is 63.2 Å². The number of aliphatic carboxylic acids is 1. The molecule has 0 radical (unpaired) electrons. The molecule has 0 fully saturated rings. The number of amides is 1. The van der Waals surface area contributed by atoms with Crippen molar-refractivity contribution in [3.8, 4) is 11.5 Å². The maximum atomic E-state index is 13.2. The van der Waals surface area contributed by atoms with Crippen LogP contribution in [0.1, 0.15) is 41.2 Å². The predicted octanol–water partition coefficient (Wildman–Crippen LogP) is 6.16. The number of hydrogen-bond donors (Lipinski definition) is 1. The van der Waals surface area contributed by atoms with Crippen molar-refractivity contribution in [2.24, 2.45) is 0 Å². The zero-order valence-electron chi connectivity index (χ0n) is 23.3. The Morgan fingerprint density at radius 2 is 1.56 bits per heavy atom. The van der Waals surface area contributed by atoms with Gasteiger partial charge in [-0.3, -0.25) is 0 Å². The smallest absolute Gasteiger partial charge is 0.415 e. The van der Waals surface area contributed by atoms with Crippen LogP contribution in [0.5, 0.6) is 11.5 Å². The minimum Gasteiger partial charge on any atom is -0.492 e. The summed E-state index contributed by atoms with van der Waals surface area (Å²) in [6, 6.07) is 21.5. The summed E-state index contributed by atoms with van der Waals surface area (Å²) >= 11 is 0. The molecule has 3 rings (SSSR count). The molecule has 0 bridgehead atoms. The van der Waals surface area contributed by atoms with Crippen LogP contribution in [0.25, 0.3) is 0 Å². The molecule has 0 aliphatic carbocycles. The highest BCUT2D eigenvalue weighted by atomic mass is 16.6. The van der Waals surface area contributed by atoms with E-state index >= 15 is 0 Å². The molecule has 208 valence electrons. The van der Waals surface area contributed by atoms with E-state index < -0.39 is 18.2 Å². The maximum Gasteiger partial charge on any atom is 0.415 e. The Hall–Kier alpha value is -3.84. The number of aryl methyl sites for hydroxylation is 4. The number of carboxylic acid groups (broad SMARTS) is 1. The molecule has 0 aromatic heterocycles. The number of benzene rings is 3. The number of nitrogens with zero attached hydrogens (tertiary/aromatic N) is 1. The first kappa shape index (κ1) is 29.7. The SMILES string of the molecule is CCOC(Cc1ccc(OCCN(CCCc2ccccc2)C(=O)Oc2c(C)cc(C)cc2C)cc1)C(=O)O. The van der Waals surface area contributed by atoms with Crippen molar-refractivity contribution >= 4 is 12.1 Å². The summed E-state index contributed by atoms with van der Waals surface area (Å²) in [5.74, 6) is 0.263. The Bertz CT molecular complexity index is 1190. The molecule has 1 amide bonds. The zero-order chi connectivity index (χ0) is 28.2. The third-order valence-corrected chi connectivity index (χ3v) is 6.41. The van der Waals surface area contributed by atoms with E-state index in [0.717, 1.165) is 35.1 Å². The lowest BCUT2D eigenvalue weighted by Crippen LogP contribution is -2.38. The van der Waals surface area contributed by atoms with Gasteiger partial charge in [0.15, 0.2) is 6.10 Å². The minimum absolute atomic E-state index is 0.280. The van der Waals surface area contributed by atoms with Crippen LogP contribution in [0.2, 0.25) is 0 Å². The standard InChI is InChI=1S/C32H39NO6/c1-5-37-29(31(34)35)22-27-13-15-28(16-14-27)38-19-18-33(17-9-12-26-10-7-6-8-11-26)32(36)39-30-24(3)20-23(2)21-25(30)4/h6-8,10-11,13-16,20-21,29H,5,9,12,17-19,22H2,1-4H3,(H,34,35). The maximum absolute atomic E-state index is 13.2. The summed E-state index contributed by atoms with van der Waals surface area (Å²) in [5.41, 5.74) is 5.05. The Kier molecular flexibility index (Phi) is 11.4. The van der Waals surface area contributed by atoms with Gasteiger partial charge in [0, 0.05) is 19.6 Å². The minimum atomic E-state index is -0.979. The number of carbonyl (C=O) groups excluding carboxylic acids is 1. The van der Waals surface area contributed by atoms with Gasteiger partial charge < -0.3 is 24.2 Å². The number of carboxylic acids is 1. The van der Waals surface area contributed by atoms with Gasteiger partial charge >= 0.3 is 12.1 Å². The summed E-state index contributed by atoms with van der Waals surface area (Å²) in [5, 5.41) is 9.30. The molecule has 0 saturated carbocycles. The first-order chi connectivity index (χ1) is 18.8. The highest BCUT2D eigenvalue weighted by molar-refractivity contribution is 5.73. The quantitative estimate of drug-likeness (QED) is 0.267. The van der Waals surface area contributed by atoms with Crippen molar-refractivity contribution in [1.29, 1.82) is 0 Å². The van der Waals surface area contributed by atoms with E-state index in [1.165, 1.54) is 5.56 Å². The molecular formula is C32H39NO6. The van der Waals surface area contributed by atoms with Gasteiger partial charge in [0.25, 0.3) is 0 Å². The molecule has 0 aliphatic heterocycles. The molecule has 0 heterocycles. The molecule has 7 heteroatoms. The molecule has 3 aromatic rings. The summed E-state index contributed by atoms with van der Waals surface area (Å²) in [6.07, 6.45) is 0.659. The molecule has 0 spiro atoms. The van der Waals surface area contributed by atoms with E-state index in [9.17, 15) is 14.7 Å². The summed E-state index contributed by atoms with van der Waals surface area (Å²) in [4.78, 5) is 26.3. The summed E-state index contributed by atoms with van der Waals surface area (Å²) in [6.45, 7) is 9.22. The van der Waals surface area contributed by atoms with Gasteiger partial charge in [0.05, 0.1) is 6.54 Å². The van der Waals surface area contributed by atoms with E-state index in [1.54, 1.807) is 24.0 Å². The molecule has 39 heavy (non-hydrogen) atoms. The molecule has 0 saturated heterocycles. The van der Waals surface area contributed by atoms with Gasteiger partial charge in [-0.05, 0) is 74.9 Å². The summed E-state index contributed by atoms with van der Waals surface area (Å²) in [7, 11) is 0. The molecular weight excluding hydrogens is 494 g/mol. The van der Waals surface area contributed by atoms with Gasteiger partial charge in [-0.25, -0.2) is 9.59 Å². The zero-order valence-corrected chi connectivity index (χ0v) is 23.3. The van der Waals surface area contributed by atoms with Gasteiger partial charge in [0.2, 0.25) is 0 Å². The van der Waals surface area contributed by atoms with Crippen LogP contribution in [0.3, 0.4) is 0 Å². The van der Waals surface area contributed by atoms with Crippen LogP contribution in [-0.4, -0.2) is 54.5 Å². The van der Waals surface area contributed by atoms with Crippen molar-refractivity contribution in [2.45, 2.75) is 53.1 Å². The van der Waals surface area contributed by atoms with Crippen molar-refractivity contribution < 1.29 is 28.9 Å². The number of ether oxygens (including phenoxy) is 3. The second kappa shape index (κ2) is 14.9. The molecule has 3 aromatic carbocycles. The number of hydrogen-bond acceptors (Lipinski definition) is 5. The van der Waals surface area contributed by atoms with Gasteiger partial charge in [-0.2, -0.15) is 0 Å². The van der Waals surface area contributed by atoms with Crippen LogP contribution in [0.4, 0.5) is 4.79 Å². The van der Waals surface area contributed by atoms with E-state index in [2.05, 4.69) is 12.1 Å². The van der Waals surface area contributed by atoms with Gasteiger partial charge in [0.1, 0.15) is 18.1 Å². The molecule has 0 aliphatic rings. The predicted molar refractivity (Wildman–Crippen MR) is 152 cm³/mol. The average molecular weight is 534 g/mol. The third kappa shape index (κ3) is 9.45. The first-order valence-corrected chi connectivity index (χ1v) is 13.4. The lowest BCUT2D eigenvalue weighted by Gasteiger charge is -2.23. The fraction of sp³-hybridized carbons (Fsp3) is 0.375. The molecule has 1 unspecified atom stereocenters. The van der Waals surface area contributed by atoms with Crippen LogP contribution < -0.4 is 9.47 Å². The van der Waals surface area contributed by atoms with Crippen LogP contribution in [0, 0.1) is 20.8 Å². The number of carbonyl (C=O) groups is 2. The largest absolute Gasteiger partial charge is 0.492 e. The highest BCUT2D eigenvalue weighted by Crippen LogP contribution is 2.25. The number of rotatable bonds is 14. The highest BCUT2D eigenvalue weighted by Gasteiger charge is 2.19. The lowest BCUT2D eigenvalue weighted by molar-refractivity contribution is -0.149. The fourth-order valence-corrected chi connectivity index (χ4v) is 4.52. The Morgan fingerprint density at radius 1 is 0.897 bits per heavy atom. The van der Waals surface area contributed by atoms with E-state index in [0.29, 0.717) is 37.8 Å². The molecule has 1 atom stereocenters. The first-order valence-electron chi connectivity index (χ1n) is 13.4. The van der Waals surface area contributed by atoms with Crippen LogP contribution in [-0.2, 0) is 22.4 Å². The second-order valence-electron chi connectivity index (χ2n) is 9.65. The average Bonchev–Trinajstić information content (AvgIpc) is 2.91. The van der Waals surface area contributed by atoms with E-state index in [-0.39, 0.29) is 6.42 Å². The lowest BCUT2D eigenvalue weighted by atomic mass is 10.1. The topological polar surface area (TPSA) is 85.3 Å². The second-order valence-corrected chi connectivity index (χ2v) is 9.65. The van der Waals surface area contributed by atoms with E-state index in [4.69, 9.17) is 14.2 Å². The van der Waals surface area contributed by atoms with Crippen molar-refractivity contribution in [3.05, 3.63) is 94.5 Å². The van der Waals surface area contributed by atoms with Crippen molar-refractivity contribution in [2.75, 3.05) is 26.3 Å². The van der Waals surface area contributed by atoms with Crippen molar-refractivity contribution in [3.63, 3.8) is 0 Å². The third-order valence-electron chi connectivity index (χ3n) is 6.41. The van der Waals surface area contributed by atoms with Crippen LogP contribution >= 0.6 is 0 Å². The summed E-state index contributed by atoms with van der Waals surface area (Å²) < 4.78 is 17.1. The molecule has 7 nitrogen and oxygen atoms in total. The van der Waals surface area contributed by atoms with Crippen LogP contribution in [0.15, 0.2) is 66.7 Å². The fourth-order valence-electron chi connectivity index (χ4n) is 4.52.